The molecular formula is C8H11O3P. The lowest BCUT2D eigenvalue weighted by Gasteiger charge is -2.05. The van der Waals surface area contributed by atoms with Crippen molar-refractivity contribution in [2.45, 2.75) is 6.92 Å². The van der Waals surface area contributed by atoms with Gasteiger partial charge in [0, 0.05) is 7.11 Å². The summed E-state index contributed by atoms with van der Waals surface area (Å²) in [5, 5.41) is 0. The average molecular weight is 186 g/mol. The Morgan fingerprint density at radius 2 is 2.00 bits per heavy atom. The molecule has 0 aliphatic heterocycles. The van der Waals surface area contributed by atoms with Gasteiger partial charge in [0.15, 0.2) is 0 Å². The molecule has 0 aliphatic carbocycles. The molecule has 0 aliphatic rings. The Morgan fingerprint density at radius 3 is 2.58 bits per heavy atom. The van der Waals surface area contributed by atoms with Crippen molar-refractivity contribution in [2.24, 2.45) is 0 Å². The van der Waals surface area contributed by atoms with Crippen LogP contribution in [-0.2, 0) is 9.09 Å². The minimum Gasteiger partial charge on any atom is -0.426 e. The van der Waals surface area contributed by atoms with E-state index in [2.05, 4.69) is 4.52 Å². The van der Waals surface area contributed by atoms with Gasteiger partial charge in [0.1, 0.15) is 5.75 Å². The van der Waals surface area contributed by atoms with Gasteiger partial charge < -0.3 is 9.05 Å². The lowest BCUT2D eigenvalue weighted by Crippen LogP contribution is -1.85. The Kier molecular flexibility index (Phi) is 3.32. The van der Waals surface area contributed by atoms with Gasteiger partial charge in [0.25, 0.3) is 0 Å². The topological polar surface area (TPSA) is 35.5 Å². The highest BCUT2D eigenvalue weighted by Gasteiger charge is 2.01. The molecule has 12 heavy (non-hydrogen) atoms. The first kappa shape index (κ1) is 9.30. The monoisotopic (exact) mass is 186 g/mol. The summed E-state index contributed by atoms with van der Waals surface area (Å²) in [4.78, 5) is 0. The summed E-state index contributed by atoms with van der Waals surface area (Å²) in [5.41, 5.74) is 0.952. The van der Waals surface area contributed by atoms with Crippen LogP contribution in [0.15, 0.2) is 24.3 Å². The zero-order valence-corrected chi connectivity index (χ0v) is 8.03. The van der Waals surface area contributed by atoms with E-state index in [-0.39, 0.29) is 0 Å². The minimum atomic E-state index is -2.35. The van der Waals surface area contributed by atoms with Crippen molar-refractivity contribution in [1.82, 2.24) is 0 Å². The zero-order chi connectivity index (χ0) is 8.97. The molecule has 0 radical (unpaired) electrons. The summed E-state index contributed by atoms with van der Waals surface area (Å²) >= 11 is 0. The van der Waals surface area contributed by atoms with Crippen LogP contribution in [0.4, 0.5) is 0 Å². The van der Waals surface area contributed by atoms with Gasteiger partial charge in [0.2, 0.25) is 0 Å². The van der Waals surface area contributed by atoms with E-state index in [4.69, 9.17) is 4.52 Å². The van der Waals surface area contributed by atoms with Gasteiger partial charge in [0.05, 0.1) is 0 Å². The molecule has 0 saturated carbocycles. The van der Waals surface area contributed by atoms with Crippen molar-refractivity contribution in [2.75, 3.05) is 7.11 Å². The van der Waals surface area contributed by atoms with Crippen molar-refractivity contribution >= 4 is 8.25 Å². The van der Waals surface area contributed by atoms with Gasteiger partial charge in [-0.3, -0.25) is 0 Å². The molecule has 1 rings (SSSR count). The summed E-state index contributed by atoms with van der Waals surface area (Å²) in [5.74, 6) is 0.614. The highest BCUT2D eigenvalue weighted by molar-refractivity contribution is 7.33. The van der Waals surface area contributed by atoms with E-state index in [9.17, 15) is 4.57 Å². The maximum atomic E-state index is 10.9. The predicted molar refractivity (Wildman–Crippen MR) is 47.8 cm³/mol. The summed E-state index contributed by atoms with van der Waals surface area (Å²) in [6.45, 7) is 1.89. The molecule has 66 valence electrons. The van der Waals surface area contributed by atoms with Gasteiger partial charge in [-0.25, -0.2) is 4.57 Å². The third-order valence-corrected chi connectivity index (χ3v) is 2.17. The summed E-state index contributed by atoms with van der Waals surface area (Å²) in [7, 11) is -0.993. The van der Waals surface area contributed by atoms with Gasteiger partial charge in [-0.2, -0.15) is 0 Å². The number of aryl methyl sites for hydroxylation is 1. The largest absolute Gasteiger partial charge is 0.426 e. The van der Waals surface area contributed by atoms with Crippen molar-refractivity contribution in [3.05, 3.63) is 29.8 Å². The Labute approximate surface area is 72.3 Å². The Bertz CT molecular complexity index is 285. The van der Waals surface area contributed by atoms with Crippen LogP contribution in [0.2, 0.25) is 0 Å². The van der Waals surface area contributed by atoms with E-state index in [0.29, 0.717) is 5.75 Å². The number of hydrogen-bond acceptors (Lipinski definition) is 3. The maximum Gasteiger partial charge on any atom is 0.367 e. The first-order chi connectivity index (χ1) is 5.74. The van der Waals surface area contributed by atoms with E-state index in [1.54, 1.807) is 6.07 Å². The fourth-order valence-electron chi connectivity index (χ4n) is 0.802. The molecule has 1 unspecified atom stereocenters. The van der Waals surface area contributed by atoms with Crippen LogP contribution in [0.5, 0.6) is 5.75 Å². The molecule has 0 heterocycles. The SMILES string of the molecule is CO[PH](=O)Oc1ccccc1C. The van der Waals surface area contributed by atoms with Crippen LogP contribution in [0.1, 0.15) is 5.56 Å². The summed E-state index contributed by atoms with van der Waals surface area (Å²) in [6.07, 6.45) is 0. The number of hydrogen-bond donors (Lipinski definition) is 0. The number of benzene rings is 1. The molecule has 3 nitrogen and oxygen atoms in total. The molecule has 0 fully saturated rings. The molecular weight excluding hydrogens is 175 g/mol. The van der Waals surface area contributed by atoms with E-state index in [1.165, 1.54) is 7.11 Å². The molecule has 0 spiro atoms. The molecule has 0 aromatic heterocycles. The molecule has 1 aromatic rings. The molecule has 1 atom stereocenters. The van der Waals surface area contributed by atoms with Crippen molar-refractivity contribution in [3.8, 4) is 5.75 Å². The number of para-hydroxylation sites is 1. The van der Waals surface area contributed by atoms with Gasteiger partial charge in [-0.1, -0.05) is 18.2 Å². The zero-order valence-electron chi connectivity index (χ0n) is 7.03. The lowest BCUT2D eigenvalue weighted by atomic mass is 10.2. The third kappa shape index (κ3) is 2.36. The Balaban J connectivity index is 2.75. The normalized spacial score (nSPS) is 12.5. The highest BCUT2D eigenvalue weighted by atomic mass is 31.1. The molecule has 0 N–H and O–H groups in total. The first-order valence-electron chi connectivity index (χ1n) is 3.55. The predicted octanol–water partition coefficient (Wildman–Crippen LogP) is 2.41. The van der Waals surface area contributed by atoms with Crippen LogP contribution in [-0.4, -0.2) is 7.11 Å². The standard InChI is InChI=1S/C8H11O3P/c1-7-5-3-4-6-8(7)11-12(9)10-2/h3-6,12H,1-2H3. The fraction of sp³-hybridized carbons (Fsp3) is 0.250. The molecule has 0 amide bonds. The smallest absolute Gasteiger partial charge is 0.367 e. The van der Waals surface area contributed by atoms with Gasteiger partial charge in [-0.15, -0.1) is 0 Å². The maximum absolute atomic E-state index is 10.9. The van der Waals surface area contributed by atoms with Crippen molar-refractivity contribution < 1.29 is 13.6 Å². The van der Waals surface area contributed by atoms with Crippen molar-refractivity contribution in [1.29, 1.82) is 0 Å². The van der Waals surface area contributed by atoms with Crippen LogP contribution >= 0.6 is 8.25 Å². The van der Waals surface area contributed by atoms with Crippen LogP contribution in [0.25, 0.3) is 0 Å². The molecule has 0 bridgehead atoms. The summed E-state index contributed by atoms with van der Waals surface area (Å²) < 4.78 is 20.4. The molecule has 0 saturated heterocycles. The average Bonchev–Trinajstić information content (AvgIpc) is 2.09. The van der Waals surface area contributed by atoms with Crippen LogP contribution in [0, 0.1) is 6.92 Å². The minimum absolute atomic E-state index is 0.614. The van der Waals surface area contributed by atoms with E-state index >= 15 is 0 Å². The highest BCUT2D eigenvalue weighted by Crippen LogP contribution is 2.28. The van der Waals surface area contributed by atoms with Crippen LogP contribution in [0.3, 0.4) is 0 Å². The fourth-order valence-corrected chi connectivity index (χ4v) is 1.29. The molecule has 1 aromatic carbocycles. The van der Waals surface area contributed by atoms with Gasteiger partial charge >= 0.3 is 8.25 Å². The van der Waals surface area contributed by atoms with Gasteiger partial charge in [-0.05, 0) is 18.6 Å². The van der Waals surface area contributed by atoms with Crippen molar-refractivity contribution in [3.63, 3.8) is 0 Å². The Morgan fingerprint density at radius 1 is 1.33 bits per heavy atom. The molecule has 4 heteroatoms. The Hall–Kier alpha value is -0.790. The third-order valence-electron chi connectivity index (χ3n) is 1.45. The lowest BCUT2D eigenvalue weighted by molar-refractivity contribution is 0.348. The van der Waals surface area contributed by atoms with E-state index < -0.39 is 8.25 Å². The second-order valence-electron chi connectivity index (χ2n) is 2.32. The quantitative estimate of drug-likeness (QED) is 0.680. The van der Waals surface area contributed by atoms with E-state index in [1.807, 2.05) is 25.1 Å². The second kappa shape index (κ2) is 4.29. The van der Waals surface area contributed by atoms with E-state index in [0.717, 1.165) is 5.56 Å². The number of rotatable bonds is 3. The second-order valence-corrected chi connectivity index (χ2v) is 3.43. The van der Waals surface area contributed by atoms with Crippen LogP contribution < -0.4 is 4.52 Å². The first-order valence-corrected chi connectivity index (χ1v) is 4.78. The summed E-state index contributed by atoms with van der Waals surface area (Å²) in [6, 6.07) is 7.37.